The molecule has 0 radical (unpaired) electrons. The summed E-state index contributed by atoms with van der Waals surface area (Å²) in [6, 6.07) is 0. The average Bonchev–Trinajstić information content (AvgIpc) is 2.82. The summed E-state index contributed by atoms with van der Waals surface area (Å²) in [7, 11) is 4.25. The second-order valence-electron chi connectivity index (χ2n) is 10.9. The Morgan fingerprint density at radius 3 is 1.20 bits per heavy atom. The van der Waals surface area contributed by atoms with Crippen molar-refractivity contribution in [3.63, 3.8) is 0 Å². The smallest absolute Gasteiger partial charge is 0.0934 e. The number of unbranched alkanes of at least 4 members (excludes halogenated alkanes) is 20. The molecule has 0 aliphatic carbocycles. The fourth-order valence-corrected chi connectivity index (χ4v) is 4.66. The molecule has 0 saturated carbocycles. The first-order valence-corrected chi connectivity index (χ1v) is 15.5. The van der Waals surface area contributed by atoms with Crippen molar-refractivity contribution >= 4 is 12.4 Å². The van der Waals surface area contributed by atoms with Crippen LogP contribution in [-0.2, 0) is 9.47 Å². The number of rotatable bonds is 29. The highest BCUT2D eigenvalue weighted by Crippen LogP contribution is 2.13. The fourth-order valence-electron chi connectivity index (χ4n) is 4.66. The van der Waals surface area contributed by atoms with E-state index < -0.39 is 0 Å². The van der Waals surface area contributed by atoms with Crippen LogP contribution >= 0.6 is 12.4 Å². The van der Waals surface area contributed by atoms with Crippen molar-refractivity contribution in [1.29, 1.82) is 0 Å². The summed E-state index contributed by atoms with van der Waals surface area (Å²) in [6.07, 6.45) is 30.7. The van der Waals surface area contributed by atoms with Crippen LogP contribution in [0.15, 0.2) is 0 Å². The summed E-state index contributed by atoms with van der Waals surface area (Å²) in [5.41, 5.74) is 0. The quantitative estimate of drug-likeness (QED) is 0.0917. The van der Waals surface area contributed by atoms with Gasteiger partial charge in [-0.3, -0.25) is 0 Å². The molecule has 0 aromatic heterocycles. The van der Waals surface area contributed by atoms with Crippen molar-refractivity contribution in [2.45, 2.75) is 161 Å². The highest BCUT2D eigenvalue weighted by molar-refractivity contribution is 5.85. The van der Waals surface area contributed by atoms with Gasteiger partial charge in [0.15, 0.2) is 0 Å². The number of halogens is 1. The Labute approximate surface area is 228 Å². The molecule has 0 amide bonds. The van der Waals surface area contributed by atoms with Crippen molar-refractivity contribution < 1.29 is 9.47 Å². The summed E-state index contributed by atoms with van der Waals surface area (Å²) in [4.78, 5) is 2.22. The van der Waals surface area contributed by atoms with Gasteiger partial charge in [0, 0.05) is 19.8 Å². The van der Waals surface area contributed by atoms with E-state index in [1.54, 1.807) is 0 Å². The van der Waals surface area contributed by atoms with Gasteiger partial charge in [-0.2, -0.15) is 0 Å². The molecule has 4 heteroatoms. The van der Waals surface area contributed by atoms with Crippen LogP contribution in [0, 0.1) is 0 Å². The van der Waals surface area contributed by atoms with Crippen LogP contribution < -0.4 is 0 Å². The van der Waals surface area contributed by atoms with Gasteiger partial charge >= 0.3 is 0 Å². The molecule has 0 N–H and O–H groups in total. The van der Waals surface area contributed by atoms with Gasteiger partial charge in [0.2, 0.25) is 0 Å². The van der Waals surface area contributed by atoms with E-state index in [4.69, 9.17) is 9.47 Å². The lowest BCUT2D eigenvalue weighted by Gasteiger charge is -2.21. The van der Waals surface area contributed by atoms with E-state index in [1.807, 2.05) is 0 Å². The molecule has 0 rings (SSSR count). The van der Waals surface area contributed by atoms with Gasteiger partial charge < -0.3 is 14.4 Å². The zero-order valence-corrected chi connectivity index (χ0v) is 25.5. The first-order valence-electron chi connectivity index (χ1n) is 15.5. The minimum Gasteiger partial charge on any atom is -0.379 e. The standard InChI is InChI=1S/C31H65NO2.ClH/c1-5-7-9-11-13-15-16-17-18-19-20-22-24-26-28-34-31(29-32(3)4)30-33-27-25-23-21-14-12-10-8-6-2;/h31H,5-30H2,1-4H3;1H. The molecule has 0 saturated heterocycles. The minimum absolute atomic E-state index is 0. The predicted molar refractivity (Wildman–Crippen MR) is 159 cm³/mol. The van der Waals surface area contributed by atoms with E-state index in [9.17, 15) is 0 Å². The van der Waals surface area contributed by atoms with E-state index in [1.165, 1.54) is 141 Å². The lowest BCUT2D eigenvalue weighted by Crippen LogP contribution is -2.32. The Morgan fingerprint density at radius 1 is 0.486 bits per heavy atom. The topological polar surface area (TPSA) is 21.7 Å². The van der Waals surface area contributed by atoms with Gasteiger partial charge in [-0.15, -0.1) is 12.4 Å². The normalized spacial score (nSPS) is 12.3. The largest absolute Gasteiger partial charge is 0.379 e. The monoisotopic (exact) mass is 519 g/mol. The maximum Gasteiger partial charge on any atom is 0.0934 e. The van der Waals surface area contributed by atoms with E-state index in [2.05, 4.69) is 32.8 Å². The van der Waals surface area contributed by atoms with E-state index in [0.29, 0.717) is 0 Å². The Hall–Kier alpha value is 0.170. The van der Waals surface area contributed by atoms with Gasteiger partial charge in [0.05, 0.1) is 12.7 Å². The van der Waals surface area contributed by atoms with Crippen molar-refractivity contribution in [2.24, 2.45) is 0 Å². The van der Waals surface area contributed by atoms with Crippen molar-refractivity contribution in [3.05, 3.63) is 0 Å². The summed E-state index contributed by atoms with van der Waals surface area (Å²) < 4.78 is 12.1. The zero-order valence-electron chi connectivity index (χ0n) is 24.6. The molecule has 0 aliphatic rings. The number of ether oxygens (including phenoxy) is 2. The molecule has 0 fully saturated rings. The third kappa shape index (κ3) is 32.1. The van der Waals surface area contributed by atoms with Crippen LogP contribution in [0.25, 0.3) is 0 Å². The summed E-state index contributed by atoms with van der Waals surface area (Å²) in [6.45, 7) is 8.05. The van der Waals surface area contributed by atoms with Crippen LogP contribution in [0.3, 0.4) is 0 Å². The molecule has 1 unspecified atom stereocenters. The molecule has 0 aliphatic heterocycles. The Balaban J connectivity index is 0. The summed E-state index contributed by atoms with van der Waals surface area (Å²) in [5, 5.41) is 0. The molecule has 0 heterocycles. The molecular weight excluding hydrogens is 454 g/mol. The maximum atomic E-state index is 6.18. The molecule has 214 valence electrons. The number of nitrogens with zero attached hydrogens (tertiary/aromatic N) is 1. The SMILES string of the molecule is CCCCCCCCCCCCCCCCOC(COCCCCCCCCCC)CN(C)C.Cl. The fraction of sp³-hybridized carbons (Fsp3) is 1.00. The molecule has 0 aromatic carbocycles. The number of likely N-dealkylation sites (N-methyl/N-ethyl adjacent to an activating group) is 1. The average molecular weight is 520 g/mol. The van der Waals surface area contributed by atoms with E-state index >= 15 is 0 Å². The van der Waals surface area contributed by atoms with Gasteiger partial charge in [-0.05, 0) is 26.9 Å². The molecular formula is C31H66ClNO2. The Bertz CT molecular complexity index is 368. The van der Waals surface area contributed by atoms with Gasteiger partial charge in [-0.1, -0.05) is 142 Å². The van der Waals surface area contributed by atoms with Crippen LogP contribution in [0.1, 0.15) is 155 Å². The number of hydrogen-bond acceptors (Lipinski definition) is 3. The predicted octanol–water partition coefficient (Wildman–Crippen LogP) is 9.99. The molecule has 0 bridgehead atoms. The second-order valence-corrected chi connectivity index (χ2v) is 10.9. The highest BCUT2D eigenvalue weighted by Gasteiger charge is 2.10. The number of hydrogen-bond donors (Lipinski definition) is 0. The maximum absolute atomic E-state index is 6.18. The van der Waals surface area contributed by atoms with Crippen LogP contribution in [-0.4, -0.2) is 51.5 Å². The Morgan fingerprint density at radius 2 is 0.829 bits per heavy atom. The summed E-state index contributed by atoms with van der Waals surface area (Å²) >= 11 is 0. The van der Waals surface area contributed by atoms with Crippen molar-refractivity contribution in [3.8, 4) is 0 Å². The Kier molecular flexibility index (Phi) is 34.3. The van der Waals surface area contributed by atoms with Crippen LogP contribution in [0.5, 0.6) is 0 Å². The molecule has 1 atom stereocenters. The molecule has 0 aromatic rings. The third-order valence-electron chi connectivity index (χ3n) is 6.87. The molecule has 0 spiro atoms. The first kappa shape index (κ1) is 37.3. The zero-order chi connectivity index (χ0) is 25.0. The first-order chi connectivity index (χ1) is 16.7. The second kappa shape index (κ2) is 32.2. The van der Waals surface area contributed by atoms with Crippen LogP contribution in [0.4, 0.5) is 0 Å². The molecule has 35 heavy (non-hydrogen) atoms. The van der Waals surface area contributed by atoms with E-state index in [0.717, 1.165) is 26.4 Å². The van der Waals surface area contributed by atoms with Gasteiger partial charge in [0.25, 0.3) is 0 Å². The summed E-state index contributed by atoms with van der Waals surface area (Å²) in [5.74, 6) is 0. The van der Waals surface area contributed by atoms with Crippen LogP contribution in [0.2, 0.25) is 0 Å². The van der Waals surface area contributed by atoms with Gasteiger partial charge in [-0.25, -0.2) is 0 Å². The van der Waals surface area contributed by atoms with E-state index in [-0.39, 0.29) is 18.5 Å². The lowest BCUT2D eigenvalue weighted by molar-refractivity contribution is -0.0287. The third-order valence-corrected chi connectivity index (χ3v) is 6.87. The minimum atomic E-state index is 0. The highest BCUT2D eigenvalue weighted by atomic mass is 35.5. The molecule has 3 nitrogen and oxygen atoms in total. The van der Waals surface area contributed by atoms with Crippen molar-refractivity contribution in [2.75, 3.05) is 40.5 Å². The van der Waals surface area contributed by atoms with Crippen molar-refractivity contribution in [1.82, 2.24) is 4.90 Å². The lowest BCUT2D eigenvalue weighted by atomic mass is 10.0. The van der Waals surface area contributed by atoms with Gasteiger partial charge in [0.1, 0.15) is 0 Å².